The van der Waals surface area contributed by atoms with E-state index in [1.54, 1.807) is 30.3 Å². The van der Waals surface area contributed by atoms with Crippen LogP contribution < -0.4 is 15.4 Å². The van der Waals surface area contributed by atoms with Crippen LogP contribution >= 0.6 is 0 Å². The largest absolute Gasteiger partial charge is 0.494 e. The van der Waals surface area contributed by atoms with Gasteiger partial charge in [0, 0.05) is 12.1 Å². The van der Waals surface area contributed by atoms with Crippen LogP contribution in [0, 0.1) is 0 Å². The molecule has 1 saturated carbocycles. The Bertz CT molecular complexity index is 693. The van der Waals surface area contributed by atoms with E-state index in [9.17, 15) is 14.4 Å². The van der Waals surface area contributed by atoms with Crippen LogP contribution in [-0.2, 0) is 14.3 Å². The lowest BCUT2D eigenvalue weighted by atomic mass is 9.96. The van der Waals surface area contributed by atoms with Gasteiger partial charge in [-0.25, -0.2) is 9.59 Å². The third-order valence-electron chi connectivity index (χ3n) is 4.44. The highest BCUT2D eigenvalue weighted by molar-refractivity contribution is 5.98. The molecule has 1 aromatic rings. The van der Waals surface area contributed by atoms with Gasteiger partial charge in [0.1, 0.15) is 5.75 Å². The number of rotatable bonds is 7. The Morgan fingerprint density at radius 3 is 2.46 bits per heavy atom. The van der Waals surface area contributed by atoms with E-state index in [1.165, 1.54) is 19.4 Å². The summed E-state index contributed by atoms with van der Waals surface area (Å²) in [5.74, 6) is -0.570. The predicted octanol–water partition coefficient (Wildman–Crippen LogP) is 3.19. The van der Waals surface area contributed by atoms with Gasteiger partial charge in [-0.1, -0.05) is 31.4 Å². The van der Waals surface area contributed by atoms with Crippen LogP contribution in [0.15, 0.2) is 30.3 Å². The molecule has 0 heterocycles. The number of urea groups is 1. The lowest BCUT2D eigenvalue weighted by Gasteiger charge is -2.23. The Labute approximate surface area is 165 Å². The van der Waals surface area contributed by atoms with E-state index in [-0.39, 0.29) is 6.04 Å². The third kappa shape index (κ3) is 7.42. The minimum absolute atomic E-state index is 0.0939. The molecule has 7 nitrogen and oxygen atoms in total. The van der Waals surface area contributed by atoms with Crippen molar-refractivity contribution >= 4 is 24.0 Å². The summed E-state index contributed by atoms with van der Waals surface area (Å²) in [4.78, 5) is 35.8. The maximum absolute atomic E-state index is 12.0. The first-order valence-electron chi connectivity index (χ1n) is 9.71. The molecule has 28 heavy (non-hydrogen) atoms. The quantitative estimate of drug-likeness (QED) is 0.553. The minimum atomic E-state index is -1.07. The van der Waals surface area contributed by atoms with Crippen molar-refractivity contribution in [3.8, 4) is 5.75 Å². The molecule has 2 N–H and O–H groups in total. The highest BCUT2D eigenvalue weighted by Gasteiger charge is 2.21. The molecule has 1 aliphatic rings. The van der Waals surface area contributed by atoms with Crippen molar-refractivity contribution < 1.29 is 23.9 Å². The number of amides is 3. The molecular weight excluding hydrogens is 360 g/mol. The zero-order valence-electron chi connectivity index (χ0n) is 16.4. The monoisotopic (exact) mass is 388 g/mol. The van der Waals surface area contributed by atoms with Gasteiger partial charge in [0.05, 0.1) is 6.61 Å². The van der Waals surface area contributed by atoms with Crippen molar-refractivity contribution in [2.75, 3.05) is 6.61 Å². The second-order valence-corrected chi connectivity index (χ2v) is 6.71. The lowest BCUT2D eigenvalue weighted by molar-refractivity contribution is -0.149. The average Bonchev–Trinajstić information content (AvgIpc) is 2.68. The molecule has 0 saturated heterocycles. The highest BCUT2D eigenvalue weighted by Crippen LogP contribution is 2.17. The number of imide groups is 1. The number of esters is 1. The van der Waals surface area contributed by atoms with E-state index in [4.69, 9.17) is 9.47 Å². The summed E-state index contributed by atoms with van der Waals surface area (Å²) in [5.41, 5.74) is 0.796. The second kappa shape index (κ2) is 11.1. The van der Waals surface area contributed by atoms with E-state index < -0.39 is 24.0 Å². The van der Waals surface area contributed by atoms with Crippen molar-refractivity contribution in [2.24, 2.45) is 0 Å². The van der Waals surface area contributed by atoms with Gasteiger partial charge in [0.2, 0.25) is 0 Å². The Kier molecular flexibility index (Phi) is 8.52. The molecular formula is C21H28N2O5. The van der Waals surface area contributed by atoms with Crippen molar-refractivity contribution in [3.05, 3.63) is 35.9 Å². The zero-order valence-corrected chi connectivity index (χ0v) is 16.4. The molecule has 0 aromatic heterocycles. The molecule has 0 aliphatic heterocycles. The van der Waals surface area contributed by atoms with Crippen LogP contribution in [0.2, 0.25) is 0 Å². The minimum Gasteiger partial charge on any atom is -0.494 e. The summed E-state index contributed by atoms with van der Waals surface area (Å²) in [6, 6.07) is 6.76. The zero-order chi connectivity index (χ0) is 20.4. The van der Waals surface area contributed by atoms with Crippen molar-refractivity contribution in [3.63, 3.8) is 0 Å². The molecule has 7 heteroatoms. The van der Waals surface area contributed by atoms with Crippen molar-refractivity contribution in [1.82, 2.24) is 10.6 Å². The summed E-state index contributed by atoms with van der Waals surface area (Å²) in [5, 5.41) is 5.00. The van der Waals surface area contributed by atoms with Crippen LogP contribution in [0.3, 0.4) is 0 Å². The van der Waals surface area contributed by atoms with Crippen LogP contribution in [0.25, 0.3) is 6.08 Å². The van der Waals surface area contributed by atoms with Gasteiger partial charge in [0.25, 0.3) is 5.91 Å². The van der Waals surface area contributed by atoms with Crippen molar-refractivity contribution in [2.45, 2.75) is 58.1 Å². The SMILES string of the molecule is CCOc1ccc(/C=C/C(=O)O[C@@H](C)C(=O)NC(=O)NC2CCCCC2)cc1. The summed E-state index contributed by atoms with van der Waals surface area (Å²) >= 11 is 0. The van der Waals surface area contributed by atoms with Gasteiger partial charge in [-0.05, 0) is 50.5 Å². The van der Waals surface area contributed by atoms with Crippen LogP contribution in [0.5, 0.6) is 5.75 Å². The number of hydrogen-bond acceptors (Lipinski definition) is 5. The first kappa shape index (κ1) is 21.5. The first-order valence-corrected chi connectivity index (χ1v) is 9.71. The molecule has 1 aliphatic carbocycles. The molecule has 3 amide bonds. The molecule has 1 aromatic carbocycles. The summed E-state index contributed by atoms with van der Waals surface area (Å²) in [6.07, 6.45) is 6.91. The molecule has 0 radical (unpaired) electrons. The molecule has 0 bridgehead atoms. The average molecular weight is 388 g/mol. The summed E-state index contributed by atoms with van der Waals surface area (Å²) in [6.45, 7) is 3.91. The number of nitrogens with one attached hydrogen (secondary N) is 2. The van der Waals surface area contributed by atoms with E-state index in [1.807, 2.05) is 6.92 Å². The molecule has 2 rings (SSSR count). The number of hydrogen-bond donors (Lipinski definition) is 2. The number of ether oxygens (including phenoxy) is 2. The van der Waals surface area contributed by atoms with E-state index >= 15 is 0 Å². The topological polar surface area (TPSA) is 93.7 Å². The van der Waals surface area contributed by atoms with Gasteiger partial charge >= 0.3 is 12.0 Å². The van der Waals surface area contributed by atoms with Crippen LogP contribution in [0.1, 0.15) is 51.5 Å². The molecule has 152 valence electrons. The third-order valence-corrected chi connectivity index (χ3v) is 4.44. The van der Waals surface area contributed by atoms with Crippen LogP contribution in [-0.4, -0.2) is 36.7 Å². The van der Waals surface area contributed by atoms with E-state index in [2.05, 4.69) is 10.6 Å². The van der Waals surface area contributed by atoms with Gasteiger partial charge in [-0.3, -0.25) is 10.1 Å². The molecule has 0 spiro atoms. The fourth-order valence-corrected chi connectivity index (χ4v) is 2.96. The van der Waals surface area contributed by atoms with E-state index in [0.717, 1.165) is 37.0 Å². The van der Waals surface area contributed by atoms with Gasteiger partial charge < -0.3 is 14.8 Å². The highest BCUT2D eigenvalue weighted by atomic mass is 16.5. The Morgan fingerprint density at radius 2 is 1.82 bits per heavy atom. The van der Waals surface area contributed by atoms with Gasteiger partial charge in [-0.15, -0.1) is 0 Å². The van der Waals surface area contributed by atoms with Crippen molar-refractivity contribution in [1.29, 1.82) is 0 Å². The Hall–Kier alpha value is -2.83. The summed E-state index contributed by atoms with van der Waals surface area (Å²) in [7, 11) is 0. The van der Waals surface area contributed by atoms with Gasteiger partial charge in [0.15, 0.2) is 6.10 Å². The number of carbonyl (C=O) groups excluding carboxylic acids is 3. The summed E-state index contributed by atoms with van der Waals surface area (Å²) < 4.78 is 10.4. The molecule has 0 unspecified atom stereocenters. The standard InChI is InChI=1S/C21H28N2O5/c1-3-27-18-12-9-16(10-13-18)11-14-19(24)28-15(2)20(25)23-21(26)22-17-7-5-4-6-8-17/h9-15,17H,3-8H2,1-2H3,(H2,22,23,25,26)/b14-11+/t15-/m0/s1. The normalized spacial score (nSPS) is 15.6. The maximum Gasteiger partial charge on any atom is 0.331 e. The second-order valence-electron chi connectivity index (χ2n) is 6.71. The van der Waals surface area contributed by atoms with Crippen LogP contribution in [0.4, 0.5) is 4.79 Å². The molecule has 1 fully saturated rings. The Balaban J connectivity index is 1.75. The Morgan fingerprint density at radius 1 is 1.14 bits per heavy atom. The van der Waals surface area contributed by atoms with E-state index in [0.29, 0.717) is 6.61 Å². The maximum atomic E-state index is 12.0. The predicted molar refractivity (Wildman–Crippen MR) is 106 cm³/mol. The number of benzene rings is 1. The first-order chi connectivity index (χ1) is 13.5. The fraction of sp³-hybridized carbons (Fsp3) is 0.476. The smallest absolute Gasteiger partial charge is 0.331 e. The molecule has 1 atom stereocenters. The number of carbonyl (C=O) groups is 3. The van der Waals surface area contributed by atoms with Gasteiger partial charge in [-0.2, -0.15) is 0 Å². The lowest BCUT2D eigenvalue weighted by Crippen LogP contribution is -2.48. The fourth-order valence-electron chi connectivity index (χ4n) is 2.96.